The van der Waals surface area contributed by atoms with Crippen LogP contribution in [0.25, 0.3) is 0 Å². The Morgan fingerprint density at radius 2 is 1.95 bits per heavy atom. The highest BCUT2D eigenvalue weighted by Gasteiger charge is 2.28. The Bertz CT molecular complexity index is 474. The maximum atomic E-state index is 11.8. The van der Waals surface area contributed by atoms with E-state index in [2.05, 4.69) is 35.6 Å². The summed E-state index contributed by atoms with van der Waals surface area (Å²) in [5.41, 5.74) is 1.51. The van der Waals surface area contributed by atoms with Gasteiger partial charge in [0, 0.05) is 16.9 Å². The summed E-state index contributed by atoms with van der Waals surface area (Å²) in [5.74, 6) is -0.347. The van der Waals surface area contributed by atoms with Crippen molar-refractivity contribution in [2.45, 2.75) is 32.5 Å². The molecule has 0 aliphatic carbocycles. The molecule has 0 spiro atoms. The molecule has 1 aromatic carbocycles. The summed E-state index contributed by atoms with van der Waals surface area (Å²) in [6, 6.07) is 9.94. The van der Waals surface area contributed by atoms with Gasteiger partial charge in [-0.2, -0.15) is 0 Å². The van der Waals surface area contributed by atoms with Gasteiger partial charge in [0.05, 0.1) is 12.7 Å². The highest BCUT2D eigenvalue weighted by Crippen LogP contribution is 2.29. The molecule has 0 bridgehead atoms. The van der Waals surface area contributed by atoms with Crippen LogP contribution in [0.3, 0.4) is 0 Å². The van der Waals surface area contributed by atoms with E-state index in [0.29, 0.717) is 18.6 Å². The first-order valence-electron chi connectivity index (χ1n) is 7.03. The van der Waals surface area contributed by atoms with Crippen molar-refractivity contribution >= 4 is 30.2 Å². The van der Waals surface area contributed by atoms with Crippen LogP contribution < -0.4 is 0 Å². The van der Waals surface area contributed by atoms with E-state index in [4.69, 9.17) is 9.16 Å². The Kier molecular flexibility index (Phi) is 7.35. The minimum atomic E-state index is -1.82. The largest absolute Gasteiger partial charge is 0.463 e. The van der Waals surface area contributed by atoms with E-state index < -0.39 is 8.32 Å². The van der Waals surface area contributed by atoms with Crippen LogP contribution in [0, 0.1) is 0 Å². The van der Waals surface area contributed by atoms with Crippen molar-refractivity contribution < 1.29 is 14.0 Å². The maximum absolute atomic E-state index is 11.8. The molecule has 0 unspecified atom stereocenters. The Morgan fingerprint density at radius 1 is 1.33 bits per heavy atom. The normalized spacial score (nSPS) is 12.8. The molecule has 0 aliphatic heterocycles. The SMILES string of the molecule is C=C(C[C@H](O[Si](C)(C)CBr)c1ccccc1)C(=O)OCC. The lowest BCUT2D eigenvalue weighted by Gasteiger charge is -2.28. The molecule has 5 heteroatoms. The lowest BCUT2D eigenvalue weighted by molar-refractivity contribution is -0.138. The second kappa shape index (κ2) is 8.51. The second-order valence-corrected chi connectivity index (χ2v) is 11.1. The lowest BCUT2D eigenvalue weighted by Crippen LogP contribution is -2.35. The highest BCUT2D eigenvalue weighted by molar-refractivity contribution is 9.09. The number of rotatable bonds is 8. The first-order valence-corrected chi connectivity index (χ1v) is 11.3. The zero-order valence-corrected chi connectivity index (χ0v) is 15.5. The van der Waals surface area contributed by atoms with Gasteiger partial charge in [-0.25, -0.2) is 4.79 Å². The molecule has 0 radical (unpaired) electrons. The Labute approximate surface area is 136 Å². The van der Waals surface area contributed by atoms with Gasteiger partial charge >= 0.3 is 5.97 Å². The predicted molar refractivity (Wildman–Crippen MR) is 91.9 cm³/mol. The predicted octanol–water partition coefficient (Wildman–Crippen LogP) is 4.39. The van der Waals surface area contributed by atoms with Crippen LogP contribution in [0.4, 0.5) is 0 Å². The van der Waals surface area contributed by atoms with Gasteiger partial charge in [-0.05, 0) is 25.6 Å². The fourth-order valence-electron chi connectivity index (χ4n) is 1.85. The number of carbonyl (C=O) groups excluding carboxylic acids is 1. The van der Waals surface area contributed by atoms with Crippen LogP contribution in [-0.2, 0) is 14.0 Å². The zero-order chi connectivity index (χ0) is 15.9. The molecule has 0 fully saturated rings. The van der Waals surface area contributed by atoms with Crippen molar-refractivity contribution in [2.75, 3.05) is 11.6 Å². The number of alkyl halides is 1. The number of benzene rings is 1. The number of hydrogen-bond acceptors (Lipinski definition) is 3. The van der Waals surface area contributed by atoms with E-state index >= 15 is 0 Å². The molecule has 0 amide bonds. The van der Waals surface area contributed by atoms with E-state index in [1.54, 1.807) is 6.92 Å². The summed E-state index contributed by atoms with van der Waals surface area (Å²) in [4.78, 5) is 12.6. The van der Waals surface area contributed by atoms with Crippen LogP contribution in [0.1, 0.15) is 25.0 Å². The summed E-state index contributed by atoms with van der Waals surface area (Å²) < 4.78 is 11.3. The van der Waals surface area contributed by atoms with Crippen LogP contribution in [0.15, 0.2) is 42.5 Å². The molecule has 1 rings (SSSR count). The molecular weight excluding hydrogens is 348 g/mol. The van der Waals surface area contributed by atoms with Crippen molar-refractivity contribution in [3.05, 3.63) is 48.0 Å². The van der Waals surface area contributed by atoms with Crippen molar-refractivity contribution in [2.24, 2.45) is 0 Å². The van der Waals surface area contributed by atoms with Gasteiger partial charge in [-0.1, -0.05) is 52.8 Å². The molecule has 3 nitrogen and oxygen atoms in total. The van der Waals surface area contributed by atoms with Crippen molar-refractivity contribution in [1.29, 1.82) is 0 Å². The third-order valence-electron chi connectivity index (χ3n) is 2.95. The molecule has 0 heterocycles. The Balaban J connectivity index is 2.88. The zero-order valence-electron chi connectivity index (χ0n) is 12.9. The van der Waals surface area contributed by atoms with Gasteiger partial charge in [0.2, 0.25) is 0 Å². The van der Waals surface area contributed by atoms with Crippen LogP contribution in [-0.4, -0.2) is 25.8 Å². The maximum Gasteiger partial charge on any atom is 0.333 e. The Morgan fingerprint density at radius 3 is 2.48 bits per heavy atom. The van der Waals surface area contributed by atoms with Gasteiger partial charge in [0.25, 0.3) is 0 Å². The van der Waals surface area contributed by atoms with E-state index in [9.17, 15) is 4.79 Å². The van der Waals surface area contributed by atoms with Gasteiger partial charge in [0.15, 0.2) is 8.32 Å². The van der Waals surface area contributed by atoms with Crippen LogP contribution >= 0.6 is 15.9 Å². The lowest BCUT2D eigenvalue weighted by atomic mass is 10.0. The van der Waals surface area contributed by atoms with Gasteiger partial charge in [-0.15, -0.1) is 0 Å². The number of halogens is 1. The Hall–Kier alpha value is -0.913. The van der Waals surface area contributed by atoms with Crippen molar-refractivity contribution in [1.82, 2.24) is 0 Å². The third kappa shape index (κ3) is 6.16. The summed E-state index contributed by atoms with van der Waals surface area (Å²) in [5, 5.41) is 0. The van der Waals surface area contributed by atoms with E-state index in [1.165, 1.54) is 0 Å². The minimum Gasteiger partial charge on any atom is -0.463 e. The molecule has 0 aliphatic rings. The summed E-state index contributed by atoms with van der Waals surface area (Å²) in [6.07, 6.45) is 0.286. The van der Waals surface area contributed by atoms with Crippen LogP contribution in [0.5, 0.6) is 0 Å². The quantitative estimate of drug-likeness (QED) is 0.294. The van der Waals surface area contributed by atoms with Gasteiger partial charge < -0.3 is 9.16 Å². The van der Waals surface area contributed by atoms with E-state index in [1.807, 2.05) is 30.3 Å². The fourth-order valence-corrected chi connectivity index (χ4v) is 3.30. The first-order chi connectivity index (χ1) is 9.89. The van der Waals surface area contributed by atoms with E-state index in [0.717, 1.165) is 10.5 Å². The molecule has 0 N–H and O–H groups in total. The van der Waals surface area contributed by atoms with Gasteiger partial charge in [-0.3, -0.25) is 0 Å². The highest BCUT2D eigenvalue weighted by atomic mass is 79.9. The van der Waals surface area contributed by atoms with Gasteiger partial charge in [0.1, 0.15) is 0 Å². The molecule has 116 valence electrons. The molecule has 21 heavy (non-hydrogen) atoms. The standard InChI is InChI=1S/C16H23BrO3Si/c1-5-19-16(18)13(2)11-15(20-21(3,4)12-17)14-9-7-6-8-10-14/h6-10,15H,2,5,11-12H2,1,3-4H3/t15-/m0/s1. The van der Waals surface area contributed by atoms with Crippen molar-refractivity contribution in [3.63, 3.8) is 0 Å². The second-order valence-electron chi connectivity index (χ2n) is 5.44. The minimum absolute atomic E-state index is 0.165. The average molecular weight is 371 g/mol. The van der Waals surface area contributed by atoms with E-state index in [-0.39, 0.29) is 12.1 Å². The molecular formula is C16H23BrO3Si. The number of ether oxygens (including phenoxy) is 1. The first kappa shape index (κ1) is 18.1. The summed E-state index contributed by atoms with van der Waals surface area (Å²) in [7, 11) is -1.82. The number of esters is 1. The number of carbonyl (C=O) groups is 1. The fraction of sp³-hybridized carbons (Fsp3) is 0.438. The smallest absolute Gasteiger partial charge is 0.333 e. The molecule has 0 aromatic heterocycles. The monoisotopic (exact) mass is 370 g/mol. The average Bonchev–Trinajstić information content (AvgIpc) is 2.47. The molecule has 0 saturated carbocycles. The molecule has 1 aromatic rings. The topological polar surface area (TPSA) is 35.5 Å². The number of hydrogen-bond donors (Lipinski definition) is 0. The van der Waals surface area contributed by atoms with Crippen LogP contribution in [0.2, 0.25) is 13.1 Å². The third-order valence-corrected chi connectivity index (χ3v) is 8.57. The van der Waals surface area contributed by atoms with Crippen molar-refractivity contribution in [3.8, 4) is 0 Å². The molecule has 1 atom stereocenters. The summed E-state index contributed by atoms with van der Waals surface area (Å²) >= 11 is 3.51. The summed E-state index contributed by atoms with van der Waals surface area (Å²) in [6.45, 7) is 10.3. The molecule has 0 saturated heterocycles.